The van der Waals surface area contributed by atoms with Crippen LogP contribution in [0.5, 0.6) is 0 Å². The molecule has 160 valence electrons. The van der Waals surface area contributed by atoms with Gasteiger partial charge in [-0.1, -0.05) is 55.5 Å². The largest absolute Gasteiger partial charge is 0.340 e. The summed E-state index contributed by atoms with van der Waals surface area (Å²) in [4.78, 5) is 56.5. The number of aldehydes is 1. The minimum absolute atomic E-state index is 0.392. The third kappa shape index (κ3) is 3.19. The number of hydrogen-bond acceptors (Lipinski definition) is 5. The van der Waals surface area contributed by atoms with E-state index in [1.54, 1.807) is 67.6 Å². The van der Waals surface area contributed by atoms with E-state index in [4.69, 9.17) is 0 Å². The molecule has 0 bridgehead atoms. The van der Waals surface area contributed by atoms with E-state index in [1.165, 1.54) is 9.80 Å². The lowest BCUT2D eigenvalue weighted by Crippen LogP contribution is -2.55. The number of para-hydroxylation sites is 1. The van der Waals surface area contributed by atoms with E-state index in [1.807, 2.05) is 0 Å². The first kappa shape index (κ1) is 20.7. The van der Waals surface area contributed by atoms with Gasteiger partial charge >= 0.3 is 12.1 Å². The van der Waals surface area contributed by atoms with Crippen LogP contribution in [0.4, 0.5) is 15.3 Å². The predicted molar refractivity (Wildman–Crippen MR) is 114 cm³/mol. The van der Waals surface area contributed by atoms with Gasteiger partial charge in [0.25, 0.3) is 5.91 Å². The molecule has 0 aliphatic carbocycles. The number of rotatable bonds is 4. The van der Waals surface area contributed by atoms with Crippen molar-refractivity contribution in [1.82, 2.24) is 15.1 Å². The second kappa shape index (κ2) is 8.31. The Morgan fingerprint density at radius 1 is 1.00 bits per heavy atom. The number of hydrogen-bond donors (Lipinski definition) is 1. The molecule has 0 saturated carbocycles. The van der Waals surface area contributed by atoms with E-state index < -0.39 is 29.4 Å². The molecule has 2 saturated heterocycles. The average Bonchev–Trinajstić information content (AvgIpc) is 3.06. The molecule has 2 unspecified atom stereocenters. The molecule has 0 radical (unpaired) electrons. The summed E-state index contributed by atoms with van der Waals surface area (Å²) >= 11 is 0. The van der Waals surface area contributed by atoms with Crippen LogP contribution in [0.2, 0.25) is 0 Å². The van der Waals surface area contributed by atoms with Gasteiger partial charge in [0.1, 0.15) is 6.29 Å². The highest BCUT2D eigenvalue weighted by Crippen LogP contribution is 2.45. The maximum atomic E-state index is 13.9. The van der Waals surface area contributed by atoms with Gasteiger partial charge in [-0.2, -0.15) is 4.90 Å². The van der Waals surface area contributed by atoms with Crippen LogP contribution in [0, 0.1) is 5.92 Å². The van der Waals surface area contributed by atoms with Gasteiger partial charge in [0.2, 0.25) is 0 Å². The first-order chi connectivity index (χ1) is 15.0. The number of imide groups is 3. The zero-order chi connectivity index (χ0) is 22.0. The molecule has 8 heteroatoms. The van der Waals surface area contributed by atoms with Crippen molar-refractivity contribution in [2.45, 2.75) is 12.5 Å². The van der Waals surface area contributed by atoms with Crippen molar-refractivity contribution in [3.8, 4) is 0 Å². The van der Waals surface area contributed by atoms with E-state index in [-0.39, 0.29) is 0 Å². The predicted octanol–water partition coefficient (Wildman–Crippen LogP) is 2.21. The molecular weight excluding hydrogens is 396 g/mol. The van der Waals surface area contributed by atoms with E-state index in [9.17, 15) is 19.2 Å². The molecule has 1 N–H and O–H groups in total. The lowest BCUT2D eigenvalue weighted by Gasteiger charge is -2.38. The number of nitrogens with zero attached hydrogens (tertiary/aromatic N) is 3. The lowest BCUT2D eigenvalue weighted by molar-refractivity contribution is -0.133. The van der Waals surface area contributed by atoms with Gasteiger partial charge in [0, 0.05) is 37.8 Å². The molecule has 2 fully saturated rings. The van der Waals surface area contributed by atoms with E-state index in [2.05, 4.69) is 5.32 Å². The Balaban J connectivity index is 1.91. The van der Waals surface area contributed by atoms with Crippen LogP contribution < -0.4 is 10.2 Å². The van der Waals surface area contributed by atoms with Gasteiger partial charge in [0.15, 0.2) is 5.54 Å². The third-order valence-electron chi connectivity index (χ3n) is 5.93. The van der Waals surface area contributed by atoms with Gasteiger partial charge in [0.05, 0.1) is 0 Å². The SMILES string of the molecule is CC(C=O)C1(c2ccccc2)C(=O)N(C(=O)N2CCNCC2)C(=O)N1c1ccccc1. The summed E-state index contributed by atoms with van der Waals surface area (Å²) in [6, 6.07) is 16.0. The van der Waals surface area contributed by atoms with Crippen molar-refractivity contribution in [3.05, 3.63) is 66.2 Å². The topological polar surface area (TPSA) is 90.0 Å². The van der Waals surface area contributed by atoms with Crippen LogP contribution >= 0.6 is 0 Å². The summed E-state index contributed by atoms with van der Waals surface area (Å²) in [5.74, 6) is -1.61. The standard InChI is InChI=1S/C23H24N4O4/c1-17(16-28)23(18-8-4-2-5-9-18)20(29)26(21(30)25-14-12-24-13-15-25)22(31)27(23)19-10-6-3-7-11-19/h2-11,16-17,24H,12-15H2,1H3. The Hall–Kier alpha value is -3.52. The molecule has 4 rings (SSSR count). The molecule has 2 aromatic carbocycles. The van der Waals surface area contributed by atoms with Crippen LogP contribution in [-0.2, 0) is 15.1 Å². The number of urea groups is 2. The van der Waals surface area contributed by atoms with Crippen molar-refractivity contribution in [3.63, 3.8) is 0 Å². The van der Waals surface area contributed by atoms with Crippen LogP contribution in [0.1, 0.15) is 12.5 Å². The number of anilines is 1. The summed E-state index contributed by atoms with van der Waals surface area (Å²) in [6.07, 6.45) is 0.660. The second-order valence-electron chi connectivity index (χ2n) is 7.67. The van der Waals surface area contributed by atoms with Crippen molar-refractivity contribution in [2.75, 3.05) is 31.1 Å². The van der Waals surface area contributed by atoms with Gasteiger partial charge in [-0.3, -0.25) is 9.69 Å². The maximum absolute atomic E-state index is 13.9. The van der Waals surface area contributed by atoms with Gasteiger partial charge in [-0.25, -0.2) is 9.59 Å². The molecule has 0 spiro atoms. The first-order valence-electron chi connectivity index (χ1n) is 10.3. The second-order valence-corrected chi connectivity index (χ2v) is 7.67. The smallest absolute Gasteiger partial charge is 0.321 e. The van der Waals surface area contributed by atoms with Crippen LogP contribution in [-0.4, -0.2) is 60.2 Å². The highest BCUT2D eigenvalue weighted by Gasteiger charge is 2.64. The van der Waals surface area contributed by atoms with E-state index in [0.717, 1.165) is 0 Å². The van der Waals surface area contributed by atoms with Crippen LogP contribution in [0.25, 0.3) is 0 Å². The fourth-order valence-electron chi connectivity index (χ4n) is 4.37. The number of amides is 5. The van der Waals surface area contributed by atoms with E-state index in [0.29, 0.717) is 48.6 Å². The molecular formula is C23H24N4O4. The number of piperazine rings is 1. The molecule has 31 heavy (non-hydrogen) atoms. The van der Waals surface area contributed by atoms with Gasteiger partial charge in [-0.15, -0.1) is 0 Å². The number of carbonyl (C=O) groups excluding carboxylic acids is 4. The maximum Gasteiger partial charge on any atom is 0.340 e. The number of carbonyl (C=O) groups is 4. The fraction of sp³-hybridized carbons (Fsp3) is 0.304. The minimum atomic E-state index is -1.66. The third-order valence-corrected chi connectivity index (χ3v) is 5.93. The van der Waals surface area contributed by atoms with Crippen molar-refractivity contribution >= 4 is 29.9 Å². The minimum Gasteiger partial charge on any atom is -0.321 e. The Labute approximate surface area is 180 Å². The highest BCUT2D eigenvalue weighted by molar-refractivity contribution is 6.25. The summed E-state index contributed by atoms with van der Waals surface area (Å²) < 4.78 is 0. The Bertz CT molecular complexity index is 991. The van der Waals surface area contributed by atoms with Crippen molar-refractivity contribution < 1.29 is 19.2 Å². The van der Waals surface area contributed by atoms with Crippen LogP contribution in [0.15, 0.2) is 60.7 Å². The number of benzene rings is 2. The van der Waals surface area contributed by atoms with E-state index >= 15 is 0 Å². The Morgan fingerprint density at radius 3 is 2.16 bits per heavy atom. The Kier molecular flexibility index (Phi) is 5.56. The zero-order valence-electron chi connectivity index (χ0n) is 17.2. The molecule has 2 heterocycles. The fourth-order valence-corrected chi connectivity index (χ4v) is 4.37. The van der Waals surface area contributed by atoms with Crippen molar-refractivity contribution in [1.29, 1.82) is 0 Å². The van der Waals surface area contributed by atoms with Gasteiger partial charge in [-0.05, 0) is 17.7 Å². The first-order valence-corrected chi connectivity index (χ1v) is 10.3. The van der Waals surface area contributed by atoms with Crippen molar-refractivity contribution in [2.24, 2.45) is 5.92 Å². The summed E-state index contributed by atoms with van der Waals surface area (Å²) in [5.41, 5.74) is -0.744. The molecule has 2 aliphatic rings. The lowest BCUT2D eigenvalue weighted by atomic mass is 9.77. The van der Waals surface area contributed by atoms with Gasteiger partial charge < -0.3 is 15.0 Å². The summed E-state index contributed by atoms with van der Waals surface area (Å²) in [7, 11) is 0. The zero-order valence-corrected chi connectivity index (χ0v) is 17.2. The molecule has 8 nitrogen and oxygen atoms in total. The highest BCUT2D eigenvalue weighted by atomic mass is 16.2. The Morgan fingerprint density at radius 2 is 1.58 bits per heavy atom. The summed E-state index contributed by atoms with van der Waals surface area (Å²) in [6.45, 7) is 3.55. The monoisotopic (exact) mass is 420 g/mol. The summed E-state index contributed by atoms with van der Waals surface area (Å²) in [5, 5.41) is 3.15. The van der Waals surface area contributed by atoms with Crippen LogP contribution in [0.3, 0.4) is 0 Å². The molecule has 2 aromatic rings. The molecule has 0 aromatic heterocycles. The normalized spacial score (nSPS) is 22.5. The molecule has 2 aliphatic heterocycles. The average molecular weight is 420 g/mol. The molecule has 2 atom stereocenters. The molecule has 5 amide bonds. The quantitative estimate of drug-likeness (QED) is 0.605. The number of nitrogens with one attached hydrogen (secondary N) is 1.